The third kappa shape index (κ3) is 10.9. The zero-order chi connectivity index (χ0) is 29.5. The van der Waals surface area contributed by atoms with Crippen LogP contribution in [0, 0.1) is 11.8 Å². The van der Waals surface area contributed by atoms with Crippen LogP contribution in [0.15, 0.2) is 81.4 Å². The number of benzene rings is 3. The van der Waals surface area contributed by atoms with Gasteiger partial charge in [0.25, 0.3) is 0 Å². The van der Waals surface area contributed by atoms with Gasteiger partial charge in [-0.25, -0.2) is 8.42 Å². The van der Waals surface area contributed by atoms with Gasteiger partial charge in [-0.15, -0.1) is 5.92 Å². The van der Waals surface area contributed by atoms with Crippen LogP contribution >= 0.6 is 11.8 Å². The highest BCUT2D eigenvalue weighted by atomic mass is 32.2. The van der Waals surface area contributed by atoms with E-state index in [1.54, 1.807) is 24.3 Å². The van der Waals surface area contributed by atoms with Crippen molar-refractivity contribution < 1.29 is 22.8 Å². The van der Waals surface area contributed by atoms with Crippen molar-refractivity contribution >= 4 is 21.9 Å². The largest absolute Gasteiger partial charge is 0.744 e. The first-order valence-electron chi connectivity index (χ1n) is 14.6. The summed E-state index contributed by atoms with van der Waals surface area (Å²) in [5.41, 5.74) is 1.75. The molecular weight excluding hydrogens is 553 g/mol. The first kappa shape index (κ1) is 32.8. The monoisotopic (exact) mass is 593 g/mol. The van der Waals surface area contributed by atoms with E-state index < -0.39 is 16.2 Å². The molecule has 1 N–H and O–H groups in total. The summed E-state index contributed by atoms with van der Waals surface area (Å²) < 4.78 is 42.4. The lowest BCUT2D eigenvalue weighted by atomic mass is 9.96. The Morgan fingerprint density at radius 1 is 0.878 bits per heavy atom. The highest BCUT2D eigenvalue weighted by molar-refractivity contribution is 8.00. The molecule has 0 radical (unpaired) electrons. The van der Waals surface area contributed by atoms with Gasteiger partial charge >= 0.3 is 0 Å². The Kier molecular flexibility index (Phi) is 13.8. The standard InChI is InChI=1S/C34H42O5S2/c1-3-5-6-7-8-9-10-11-12-13-18-32(35)31-17-15-14-16-30(31)27-19-24-33(34(26-27)41(36,37)38)40-29-22-20-28(21-23-29)39-25-4-2/h14-17,19-24,26,32,35H,3-12,25H2,1-2H3,(H,36,37,38)/p-1. The fourth-order valence-corrected chi connectivity index (χ4v) is 6.34. The molecule has 0 saturated heterocycles. The molecule has 0 aromatic heterocycles. The number of rotatable bonds is 16. The SMILES string of the molecule is CCCCCCCCCCC#CC(O)c1ccccc1-c1ccc(Sc2ccc(OCCC)cc2)c(S(=O)(=O)[O-])c1. The Hall–Kier alpha value is -2.76. The molecule has 0 aliphatic rings. The average molecular weight is 594 g/mol. The predicted molar refractivity (Wildman–Crippen MR) is 166 cm³/mol. The van der Waals surface area contributed by atoms with E-state index in [1.165, 1.54) is 56.4 Å². The summed E-state index contributed by atoms with van der Waals surface area (Å²) in [6, 6.07) is 19.3. The molecule has 0 aliphatic heterocycles. The topological polar surface area (TPSA) is 86.7 Å². The van der Waals surface area contributed by atoms with Crippen LogP contribution in [0.2, 0.25) is 0 Å². The van der Waals surface area contributed by atoms with Gasteiger partial charge in [-0.3, -0.25) is 0 Å². The molecule has 0 bridgehead atoms. The van der Waals surface area contributed by atoms with Crippen LogP contribution < -0.4 is 4.74 Å². The van der Waals surface area contributed by atoms with Crippen LogP contribution in [-0.2, 0) is 10.1 Å². The van der Waals surface area contributed by atoms with Crippen LogP contribution in [0.4, 0.5) is 0 Å². The van der Waals surface area contributed by atoms with Crippen LogP contribution in [0.5, 0.6) is 5.75 Å². The van der Waals surface area contributed by atoms with Crippen molar-refractivity contribution in [3.63, 3.8) is 0 Å². The average Bonchev–Trinajstić information content (AvgIpc) is 2.97. The third-order valence-corrected chi connectivity index (χ3v) is 8.79. The van der Waals surface area contributed by atoms with Gasteiger partial charge in [0.2, 0.25) is 0 Å². The van der Waals surface area contributed by atoms with Gasteiger partial charge < -0.3 is 14.4 Å². The normalized spacial score (nSPS) is 12.0. The Labute approximate surface area is 250 Å². The molecule has 7 heteroatoms. The number of aliphatic hydroxyl groups is 1. The molecule has 0 heterocycles. The summed E-state index contributed by atoms with van der Waals surface area (Å²) in [5.74, 6) is 6.78. The smallest absolute Gasteiger partial charge is 0.140 e. The first-order chi connectivity index (χ1) is 19.8. The van der Waals surface area contributed by atoms with E-state index in [4.69, 9.17) is 4.74 Å². The first-order valence-corrected chi connectivity index (χ1v) is 16.8. The third-order valence-electron chi connectivity index (χ3n) is 6.70. The maximum absolute atomic E-state index is 12.3. The minimum Gasteiger partial charge on any atom is -0.744 e. The van der Waals surface area contributed by atoms with Gasteiger partial charge in [-0.1, -0.05) is 107 Å². The number of hydrogen-bond donors (Lipinski definition) is 1. The maximum atomic E-state index is 12.3. The summed E-state index contributed by atoms with van der Waals surface area (Å²) in [7, 11) is -4.76. The minimum atomic E-state index is -4.76. The van der Waals surface area contributed by atoms with Crippen LogP contribution in [0.3, 0.4) is 0 Å². The van der Waals surface area contributed by atoms with Gasteiger partial charge in [0.15, 0.2) is 0 Å². The van der Waals surface area contributed by atoms with Crippen LogP contribution in [0.25, 0.3) is 11.1 Å². The van der Waals surface area contributed by atoms with E-state index in [0.717, 1.165) is 36.3 Å². The molecule has 1 unspecified atom stereocenters. The van der Waals surface area contributed by atoms with Gasteiger partial charge in [-0.2, -0.15) is 0 Å². The molecule has 3 aromatic rings. The maximum Gasteiger partial charge on any atom is 0.140 e. The zero-order valence-electron chi connectivity index (χ0n) is 24.1. The molecule has 41 heavy (non-hydrogen) atoms. The molecule has 0 amide bonds. The van der Waals surface area contributed by atoms with Crippen molar-refractivity contribution in [2.45, 2.75) is 98.8 Å². The van der Waals surface area contributed by atoms with E-state index >= 15 is 0 Å². The minimum absolute atomic E-state index is 0.295. The van der Waals surface area contributed by atoms with Crippen molar-refractivity contribution in [2.24, 2.45) is 0 Å². The predicted octanol–water partition coefficient (Wildman–Crippen LogP) is 8.77. The summed E-state index contributed by atoms with van der Waals surface area (Å²) in [6.07, 6.45) is 10.4. The fourth-order valence-electron chi connectivity index (χ4n) is 4.50. The lowest BCUT2D eigenvalue weighted by molar-refractivity contribution is 0.239. The van der Waals surface area contributed by atoms with E-state index in [2.05, 4.69) is 18.8 Å². The molecule has 3 aromatic carbocycles. The summed E-state index contributed by atoms with van der Waals surface area (Å²) >= 11 is 1.21. The van der Waals surface area contributed by atoms with Crippen LogP contribution in [-0.4, -0.2) is 24.7 Å². The Balaban J connectivity index is 1.72. The summed E-state index contributed by atoms with van der Waals surface area (Å²) in [6.45, 7) is 4.87. The van der Waals surface area contributed by atoms with Crippen molar-refractivity contribution in [3.8, 4) is 28.7 Å². The molecule has 5 nitrogen and oxygen atoms in total. The van der Waals surface area contributed by atoms with E-state index in [-0.39, 0.29) is 4.90 Å². The fraction of sp³-hybridized carbons (Fsp3) is 0.412. The Morgan fingerprint density at radius 2 is 1.56 bits per heavy atom. The molecular formula is C34H41O5S2-. The molecule has 220 valence electrons. The second-order valence-corrected chi connectivity index (χ2v) is 12.5. The quantitative estimate of drug-likeness (QED) is 0.101. The second kappa shape index (κ2) is 17.3. The van der Waals surface area contributed by atoms with Gasteiger partial charge in [0, 0.05) is 21.8 Å². The Bertz CT molecular complexity index is 1390. The molecule has 3 rings (SSSR count). The lowest BCUT2D eigenvalue weighted by Crippen LogP contribution is -2.02. The molecule has 1 atom stereocenters. The van der Waals surface area contributed by atoms with Gasteiger partial charge in [0.05, 0.1) is 11.5 Å². The number of unbranched alkanes of at least 4 members (excludes halogenated alkanes) is 8. The second-order valence-electron chi connectivity index (χ2n) is 10.1. The van der Waals surface area contributed by atoms with Crippen molar-refractivity contribution in [1.82, 2.24) is 0 Å². The Morgan fingerprint density at radius 3 is 2.24 bits per heavy atom. The van der Waals surface area contributed by atoms with E-state index in [9.17, 15) is 18.1 Å². The van der Waals surface area contributed by atoms with E-state index in [1.807, 2.05) is 43.3 Å². The molecule has 0 aliphatic carbocycles. The molecule has 0 spiro atoms. The highest BCUT2D eigenvalue weighted by Crippen LogP contribution is 2.37. The van der Waals surface area contributed by atoms with Crippen molar-refractivity contribution in [1.29, 1.82) is 0 Å². The van der Waals surface area contributed by atoms with Crippen molar-refractivity contribution in [2.75, 3.05) is 6.61 Å². The summed E-state index contributed by atoms with van der Waals surface area (Å²) in [5, 5.41) is 10.9. The number of hydrogen-bond acceptors (Lipinski definition) is 6. The van der Waals surface area contributed by atoms with E-state index in [0.29, 0.717) is 28.2 Å². The highest BCUT2D eigenvalue weighted by Gasteiger charge is 2.16. The zero-order valence-corrected chi connectivity index (χ0v) is 25.7. The number of ether oxygens (including phenoxy) is 1. The summed E-state index contributed by atoms with van der Waals surface area (Å²) in [4.78, 5) is 0.833. The molecule has 0 fully saturated rings. The lowest BCUT2D eigenvalue weighted by Gasteiger charge is -2.17. The number of aliphatic hydroxyl groups excluding tert-OH is 1. The van der Waals surface area contributed by atoms with Gasteiger partial charge in [-0.05, 0) is 60.4 Å². The molecule has 0 saturated carbocycles. The van der Waals surface area contributed by atoms with Gasteiger partial charge in [0.1, 0.15) is 22.0 Å². The van der Waals surface area contributed by atoms with Crippen LogP contribution in [0.1, 0.15) is 89.7 Å². The van der Waals surface area contributed by atoms with Crippen molar-refractivity contribution in [3.05, 3.63) is 72.3 Å².